The fraction of sp³-hybridized carbons (Fsp3) is 0.417. The van der Waals surface area contributed by atoms with Gasteiger partial charge in [0.2, 0.25) is 5.91 Å². The van der Waals surface area contributed by atoms with E-state index < -0.39 is 0 Å². The average molecular weight is 410 g/mol. The van der Waals surface area contributed by atoms with Crippen molar-refractivity contribution in [2.24, 2.45) is 5.92 Å². The number of nitrogens with zero attached hydrogens (tertiary/aromatic N) is 1. The third kappa shape index (κ3) is 5.53. The van der Waals surface area contributed by atoms with Crippen LogP contribution in [0.1, 0.15) is 44.2 Å². The number of urea groups is 1. The number of hydrogen-bond acceptors (Lipinski definition) is 3. The summed E-state index contributed by atoms with van der Waals surface area (Å²) >= 11 is 0. The monoisotopic (exact) mass is 409 g/mol. The van der Waals surface area contributed by atoms with Gasteiger partial charge in [-0.2, -0.15) is 0 Å². The molecule has 3 amide bonds. The van der Waals surface area contributed by atoms with Crippen LogP contribution in [0.4, 0.5) is 10.5 Å². The highest BCUT2D eigenvalue weighted by molar-refractivity contribution is 5.93. The molecule has 1 aliphatic rings. The number of hydrogen-bond donors (Lipinski definition) is 2. The van der Waals surface area contributed by atoms with Crippen molar-refractivity contribution < 1.29 is 14.3 Å². The Kier molecular flexibility index (Phi) is 7.71. The van der Waals surface area contributed by atoms with Crippen molar-refractivity contribution in [1.82, 2.24) is 10.2 Å². The molecule has 0 radical (unpaired) electrons. The van der Waals surface area contributed by atoms with Crippen molar-refractivity contribution in [3.05, 3.63) is 60.2 Å². The van der Waals surface area contributed by atoms with E-state index >= 15 is 0 Å². The van der Waals surface area contributed by atoms with Crippen LogP contribution in [0.25, 0.3) is 0 Å². The lowest BCUT2D eigenvalue weighted by Gasteiger charge is -2.39. The van der Waals surface area contributed by atoms with Gasteiger partial charge in [-0.05, 0) is 49.1 Å². The van der Waals surface area contributed by atoms with Crippen LogP contribution in [0.15, 0.2) is 54.6 Å². The first-order valence-electron chi connectivity index (χ1n) is 10.7. The molecule has 1 saturated heterocycles. The second-order valence-electron chi connectivity index (χ2n) is 7.66. The number of amides is 3. The molecule has 2 atom stereocenters. The molecule has 2 aromatic carbocycles. The molecule has 30 heavy (non-hydrogen) atoms. The van der Waals surface area contributed by atoms with Gasteiger partial charge in [0.15, 0.2) is 0 Å². The summed E-state index contributed by atoms with van der Waals surface area (Å²) in [7, 11) is 1.61. The highest BCUT2D eigenvalue weighted by Crippen LogP contribution is 2.34. The average Bonchev–Trinajstić information content (AvgIpc) is 2.80. The number of methoxy groups -OCH3 is 1. The van der Waals surface area contributed by atoms with Crippen molar-refractivity contribution >= 4 is 17.6 Å². The molecular weight excluding hydrogens is 378 g/mol. The maximum Gasteiger partial charge on any atom is 0.317 e. The minimum Gasteiger partial charge on any atom is -0.497 e. The van der Waals surface area contributed by atoms with Gasteiger partial charge in [0.05, 0.1) is 19.1 Å². The molecule has 0 aromatic heterocycles. The maximum absolute atomic E-state index is 12.9. The van der Waals surface area contributed by atoms with Gasteiger partial charge in [-0.25, -0.2) is 4.79 Å². The number of likely N-dealkylation sites (tertiary alicyclic amines) is 1. The van der Waals surface area contributed by atoms with Crippen LogP contribution in [0.2, 0.25) is 0 Å². The molecule has 0 unspecified atom stereocenters. The molecule has 0 aliphatic carbocycles. The number of rotatable bonds is 7. The zero-order chi connectivity index (χ0) is 21.3. The molecule has 0 saturated carbocycles. The first-order valence-corrected chi connectivity index (χ1v) is 10.7. The molecule has 1 fully saturated rings. The molecule has 2 N–H and O–H groups in total. The normalized spacial score (nSPS) is 18.5. The van der Waals surface area contributed by atoms with E-state index in [1.165, 1.54) is 0 Å². The lowest BCUT2D eigenvalue weighted by atomic mass is 9.88. The molecule has 6 heteroatoms. The predicted octanol–water partition coefficient (Wildman–Crippen LogP) is 4.60. The number of nitrogens with one attached hydrogen (secondary N) is 2. The minimum absolute atomic E-state index is 0.0159. The van der Waals surface area contributed by atoms with Gasteiger partial charge in [-0.15, -0.1) is 0 Å². The Morgan fingerprint density at radius 3 is 2.47 bits per heavy atom. The summed E-state index contributed by atoms with van der Waals surface area (Å²) in [6.07, 6.45) is 3.46. The van der Waals surface area contributed by atoms with E-state index in [-0.39, 0.29) is 23.9 Å². The molecule has 0 spiro atoms. The first kappa shape index (κ1) is 21.7. The number of piperidine rings is 1. The second kappa shape index (κ2) is 10.7. The van der Waals surface area contributed by atoms with Crippen molar-refractivity contribution in [3.63, 3.8) is 0 Å². The predicted molar refractivity (Wildman–Crippen MR) is 119 cm³/mol. The van der Waals surface area contributed by atoms with Crippen LogP contribution < -0.4 is 15.4 Å². The number of carbonyl (C=O) groups is 2. The molecule has 3 rings (SSSR count). The van der Waals surface area contributed by atoms with Gasteiger partial charge in [-0.1, -0.05) is 43.7 Å². The molecular formula is C24H31N3O3. The van der Waals surface area contributed by atoms with E-state index in [1.54, 1.807) is 7.11 Å². The van der Waals surface area contributed by atoms with Crippen LogP contribution in [0.3, 0.4) is 0 Å². The van der Waals surface area contributed by atoms with E-state index in [0.29, 0.717) is 13.1 Å². The van der Waals surface area contributed by atoms with E-state index in [0.717, 1.165) is 42.7 Å². The fourth-order valence-corrected chi connectivity index (χ4v) is 3.82. The molecule has 0 bridgehead atoms. The summed E-state index contributed by atoms with van der Waals surface area (Å²) in [5.41, 5.74) is 1.84. The summed E-state index contributed by atoms with van der Waals surface area (Å²) in [4.78, 5) is 27.6. The van der Waals surface area contributed by atoms with E-state index in [9.17, 15) is 9.59 Å². The molecule has 6 nitrogen and oxygen atoms in total. The van der Waals surface area contributed by atoms with Crippen molar-refractivity contribution in [3.8, 4) is 5.75 Å². The third-order valence-corrected chi connectivity index (χ3v) is 5.56. The zero-order valence-electron chi connectivity index (χ0n) is 17.8. The van der Waals surface area contributed by atoms with Crippen LogP contribution in [-0.4, -0.2) is 37.0 Å². The summed E-state index contributed by atoms with van der Waals surface area (Å²) < 4.78 is 5.16. The second-order valence-corrected chi connectivity index (χ2v) is 7.66. The third-order valence-electron chi connectivity index (χ3n) is 5.56. The Balaban J connectivity index is 1.70. The quantitative estimate of drug-likeness (QED) is 0.657. The lowest BCUT2D eigenvalue weighted by Crippen LogP contribution is -2.49. The van der Waals surface area contributed by atoms with Gasteiger partial charge in [0.25, 0.3) is 0 Å². The molecule has 160 valence electrons. The Labute approximate surface area is 178 Å². The van der Waals surface area contributed by atoms with Gasteiger partial charge in [-0.3, -0.25) is 4.79 Å². The summed E-state index contributed by atoms with van der Waals surface area (Å²) in [6.45, 7) is 3.15. The number of anilines is 1. The highest BCUT2D eigenvalue weighted by Gasteiger charge is 2.35. The molecule has 2 aromatic rings. The Morgan fingerprint density at radius 1 is 1.07 bits per heavy atom. The largest absolute Gasteiger partial charge is 0.497 e. The number of benzene rings is 2. The number of ether oxygens (including phenoxy) is 1. The van der Waals surface area contributed by atoms with Gasteiger partial charge in [0, 0.05) is 18.8 Å². The van der Waals surface area contributed by atoms with Crippen LogP contribution in [0.5, 0.6) is 5.75 Å². The molecule has 1 aliphatic heterocycles. The topological polar surface area (TPSA) is 70.7 Å². The Hall–Kier alpha value is -3.02. The van der Waals surface area contributed by atoms with Crippen LogP contribution >= 0.6 is 0 Å². The zero-order valence-corrected chi connectivity index (χ0v) is 17.8. The lowest BCUT2D eigenvalue weighted by molar-refractivity contribution is -0.121. The number of carbonyl (C=O) groups excluding carboxylic acids is 2. The summed E-state index contributed by atoms with van der Waals surface area (Å²) in [5.74, 6) is 0.438. The van der Waals surface area contributed by atoms with E-state index in [4.69, 9.17) is 4.74 Å². The summed E-state index contributed by atoms with van der Waals surface area (Å²) in [5, 5.41) is 5.99. The standard InChI is InChI=1S/C24H31N3O3/c1-3-4-16-25-24(29)27-17-19(10-15-22(27)18-8-6-5-7-9-18)23(28)26-20-11-13-21(30-2)14-12-20/h5-9,11-14,19,22H,3-4,10,15-17H2,1-2H3,(H,25,29)(H,26,28)/t19-,22-/m0/s1. The van der Waals surface area contributed by atoms with Crippen LogP contribution in [-0.2, 0) is 4.79 Å². The fourth-order valence-electron chi connectivity index (χ4n) is 3.82. The van der Waals surface area contributed by atoms with Crippen molar-refractivity contribution in [2.75, 3.05) is 25.5 Å². The highest BCUT2D eigenvalue weighted by atomic mass is 16.5. The van der Waals surface area contributed by atoms with E-state index in [2.05, 4.69) is 29.7 Å². The smallest absolute Gasteiger partial charge is 0.317 e. The Morgan fingerprint density at radius 2 is 1.80 bits per heavy atom. The number of unbranched alkanes of at least 4 members (excludes halogenated alkanes) is 1. The first-order chi connectivity index (χ1) is 14.6. The van der Waals surface area contributed by atoms with Gasteiger partial charge < -0.3 is 20.3 Å². The summed E-state index contributed by atoms with van der Waals surface area (Å²) in [6, 6.07) is 17.2. The van der Waals surface area contributed by atoms with Gasteiger partial charge >= 0.3 is 6.03 Å². The van der Waals surface area contributed by atoms with E-state index in [1.807, 2.05) is 47.4 Å². The molecule has 1 heterocycles. The minimum atomic E-state index is -0.246. The van der Waals surface area contributed by atoms with Crippen LogP contribution in [0, 0.1) is 5.92 Å². The van der Waals surface area contributed by atoms with Crippen molar-refractivity contribution in [2.45, 2.75) is 38.6 Å². The SMILES string of the molecule is CCCCNC(=O)N1C[C@@H](C(=O)Nc2ccc(OC)cc2)CC[C@H]1c1ccccc1. The Bertz CT molecular complexity index is 823. The van der Waals surface area contributed by atoms with Crippen molar-refractivity contribution in [1.29, 1.82) is 0 Å². The van der Waals surface area contributed by atoms with Gasteiger partial charge in [0.1, 0.15) is 5.75 Å². The maximum atomic E-state index is 12.9.